The molecule has 1 heterocycles. The number of halogens is 3. The predicted molar refractivity (Wildman–Crippen MR) is 233 cm³/mol. The minimum absolute atomic E-state index is 0.00151. The number of allylic oxidation sites excluding steroid dienone is 1. The molecule has 10 heteroatoms. The third kappa shape index (κ3) is 16.2. The fraction of sp³-hybridized carbons (Fsp3) is 0.542. The molecule has 1 aliphatic heterocycles. The highest BCUT2D eigenvalue weighted by Gasteiger charge is 2.38. The average Bonchev–Trinajstić information content (AvgIpc) is 3.20. The van der Waals surface area contributed by atoms with Crippen LogP contribution in [-0.2, 0) is 33.3 Å². The summed E-state index contributed by atoms with van der Waals surface area (Å²) in [6, 6.07) is 21.8. The van der Waals surface area contributed by atoms with Crippen molar-refractivity contribution < 1.29 is 27.5 Å². The fourth-order valence-electron chi connectivity index (χ4n) is 7.33. The molecule has 0 spiro atoms. The number of amides is 1. The number of carbonyl (C=O) groups excluding carboxylic acids is 2. The van der Waals surface area contributed by atoms with E-state index in [0.29, 0.717) is 64.0 Å². The highest BCUT2D eigenvalue weighted by atomic mass is 19.4. The molecule has 1 aliphatic rings. The first-order valence-corrected chi connectivity index (χ1v) is 21.1. The molecule has 0 saturated carbocycles. The van der Waals surface area contributed by atoms with Crippen LogP contribution in [-0.4, -0.2) is 84.5 Å². The summed E-state index contributed by atoms with van der Waals surface area (Å²) in [6.07, 6.45) is -1.67. The Balaban J connectivity index is 0.00000116. The van der Waals surface area contributed by atoms with Gasteiger partial charge in [0.2, 0.25) is 5.91 Å². The Morgan fingerprint density at radius 1 is 0.897 bits per heavy atom. The molecule has 1 N–H and O–H groups in total. The summed E-state index contributed by atoms with van der Waals surface area (Å²) in [5, 5.41) is 3.52. The molecule has 1 amide bonds. The highest BCUT2D eigenvalue weighted by Crippen LogP contribution is 2.38. The van der Waals surface area contributed by atoms with Crippen molar-refractivity contribution in [3.63, 3.8) is 0 Å². The number of nitrogens with one attached hydrogen (secondary N) is 1. The minimum Gasteiger partial charge on any atom is -0.462 e. The van der Waals surface area contributed by atoms with Gasteiger partial charge in [-0.1, -0.05) is 120 Å². The second-order valence-corrected chi connectivity index (χ2v) is 15.8. The Morgan fingerprint density at radius 3 is 1.98 bits per heavy atom. The van der Waals surface area contributed by atoms with Gasteiger partial charge in [0.1, 0.15) is 11.6 Å². The van der Waals surface area contributed by atoms with Crippen molar-refractivity contribution in [3.05, 3.63) is 118 Å². The third-order valence-electron chi connectivity index (χ3n) is 10.5. The zero-order valence-corrected chi connectivity index (χ0v) is 36.9. The van der Waals surface area contributed by atoms with Gasteiger partial charge >= 0.3 is 6.18 Å². The molecule has 0 radical (unpaired) electrons. The topological polar surface area (TPSA) is 65.1 Å². The molecule has 0 aliphatic carbocycles. The fourth-order valence-corrected chi connectivity index (χ4v) is 7.33. The molecule has 1 saturated heterocycles. The molecular weight excluding hydrogens is 738 g/mol. The quantitative estimate of drug-likeness (QED) is 0.137. The Kier molecular flexibility index (Phi) is 21.3. The molecular formula is C48H71F3N4O3. The van der Waals surface area contributed by atoms with E-state index in [0.717, 1.165) is 36.3 Å². The van der Waals surface area contributed by atoms with E-state index >= 15 is 0 Å². The predicted octanol–water partition coefficient (Wildman–Crippen LogP) is 10.4. The second-order valence-electron chi connectivity index (χ2n) is 15.8. The van der Waals surface area contributed by atoms with Crippen LogP contribution in [0.5, 0.6) is 0 Å². The van der Waals surface area contributed by atoms with Gasteiger partial charge in [-0.25, -0.2) is 0 Å². The van der Waals surface area contributed by atoms with Gasteiger partial charge < -0.3 is 19.9 Å². The van der Waals surface area contributed by atoms with Crippen LogP contribution in [0.1, 0.15) is 120 Å². The van der Waals surface area contributed by atoms with Crippen LogP contribution < -0.4 is 5.32 Å². The molecule has 0 bridgehead atoms. The van der Waals surface area contributed by atoms with Crippen LogP contribution in [0.2, 0.25) is 0 Å². The van der Waals surface area contributed by atoms with E-state index in [4.69, 9.17) is 0 Å². The lowest BCUT2D eigenvalue weighted by atomic mass is 9.91. The molecule has 3 unspecified atom stereocenters. The normalized spacial score (nSPS) is 14.9. The molecule has 7 nitrogen and oxygen atoms in total. The summed E-state index contributed by atoms with van der Waals surface area (Å²) in [5.74, 6) is 0.237. The number of rotatable bonds is 17. The Labute approximate surface area is 348 Å². The number of piperazine rings is 1. The van der Waals surface area contributed by atoms with E-state index in [2.05, 4.69) is 103 Å². The minimum atomic E-state index is -4.44. The molecule has 322 valence electrons. The molecule has 3 aromatic carbocycles. The van der Waals surface area contributed by atoms with E-state index in [-0.39, 0.29) is 17.4 Å². The third-order valence-corrected chi connectivity index (χ3v) is 10.5. The van der Waals surface area contributed by atoms with E-state index in [9.17, 15) is 22.8 Å². The number of alkyl halides is 3. The second kappa shape index (κ2) is 24.7. The van der Waals surface area contributed by atoms with Crippen molar-refractivity contribution >= 4 is 12.4 Å². The van der Waals surface area contributed by atoms with Gasteiger partial charge in [-0.3, -0.25) is 14.5 Å². The summed E-state index contributed by atoms with van der Waals surface area (Å²) in [4.78, 5) is 30.1. The maximum absolute atomic E-state index is 14.2. The molecule has 4 rings (SSSR count). The largest absolute Gasteiger partial charge is 0.462 e. The first-order valence-electron chi connectivity index (χ1n) is 21.1. The number of hydrogen-bond donors (Lipinski definition) is 1. The monoisotopic (exact) mass is 809 g/mol. The summed E-state index contributed by atoms with van der Waals surface area (Å²) in [7, 11) is 0. The Bertz CT molecular complexity index is 1660. The maximum atomic E-state index is 14.2. The first kappa shape index (κ1) is 50.0. The van der Waals surface area contributed by atoms with Gasteiger partial charge in [0, 0.05) is 44.3 Å². The highest BCUT2D eigenvalue weighted by molar-refractivity contribution is 5.82. The van der Waals surface area contributed by atoms with Crippen LogP contribution in [0.25, 0.3) is 0 Å². The van der Waals surface area contributed by atoms with Crippen molar-refractivity contribution in [1.29, 1.82) is 0 Å². The number of ether oxygens (including phenoxy) is 1. The summed E-state index contributed by atoms with van der Waals surface area (Å²) in [5.41, 5.74) is 5.09. The summed E-state index contributed by atoms with van der Waals surface area (Å²) >= 11 is 0. The lowest BCUT2D eigenvalue weighted by molar-refractivity contribution is -0.140. The zero-order valence-electron chi connectivity index (χ0n) is 36.9. The number of benzene rings is 3. The van der Waals surface area contributed by atoms with Gasteiger partial charge in [-0.05, 0) is 101 Å². The Hall–Kier alpha value is -4.15. The van der Waals surface area contributed by atoms with Crippen LogP contribution >= 0.6 is 0 Å². The standard InChI is InChI=1S/C41H55F3N4O.C5H10O2.C2H6/c1-7-34-14-10-11-15-35(34)31(5)28-32(6)45-38(29-33-20-18-30(4)19-21-33)40(49)48-26-24-47(25-27-48)39(22-23-46(8-2)9-3)36-16-12-13-17-37(36)41(42,43)44;1-5(2,3)7-4-6;1-2/h10-21,31,38-39,45H,6-9,22-29H2,1-5H3;4H,1-3H3;1-2H3. The van der Waals surface area contributed by atoms with Crippen molar-refractivity contribution in [2.45, 2.75) is 125 Å². The van der Waals surface area contributed by atoms with E-state index in [1.165, 1.54) is 23.3 Å². The van der Waals surface area contributed by atoms with E-state index in [1.54, 1.807) is 12.1 Å². The van der Waals surface area contributed by atoms with Gasteiger partial charge in [-0.15, -0.1) is 0 Å². The molecule has 3 atom stereocenters. The van der Waals surface area contributed by atoms with Gasteiger partial charge in [0.25, 0.3) is 6.47 Å². The van der Waals surface area contributed by atoms with Crippen molar-refractivity contribution in [2.24, 2.45) is 0 Å². The summed E-state index contributed by atoms with van der Waals surface area (Å²) < 4.78 is 47.1. The molecule has 0 aromatic heterocycles. The van der Waals surface area contributed by atoms with E-state index < -0.39 is 23.8 Å². The van der Waals surface area contributed by atoms with Crippen molar-refractivity contribution in [1.82, 2.24) is 20.0 Å². The zero-order chi connectivity index (χ0) is 43.5. The first-order chi connectivity index (χ1) is 27.5. The lowest BCUT2D eigenvalue weighted by Crippen LogP contribution is -2.55. The van der Waals surface area contributed by atoms with Crippen LogP contribution in [0, 0.1) is 6.92 Å². The van der Waals surface area contributed by atoms with Gasteiger partial charge in [0.15, 0.2) is 0 Å². The van der Waals surface area contributed by atoms with Crippen molar-refractivity contribution in [2.75, 3.05) is 45.8 Å². The Morgan fingerprint density at radius 2 is 1.47 bits per heavy atom. The van der Waals surface area contributed by atoms with Crippen molar-refractivity contribution in [3.8, 4) is 0 Å². The van der Waals surface area contributed by atoms with Gasteiger partial charge in [-0.2, -0.15) is 13.2 Å². The number of carbonyl (C=O) groups is 2. The number of aryl methyl sites for hydroxylation is 2. The summed E-state index contributed by atoms with van der Waals surface area (Å²) in [6.45, 7) is 29.1. The number of nitrogens with zero attached hydrogens (tertiary/aromatic N) is 3. The van der Waals surface area contributed by atoms with Gasteiger partial charge in [0.05, 0.1) is 5.56 Å². The van der Waals surface area contributed by atoms with E-state index in [1.807, 2.05) is 46.4 Å². The molecule has 1 fully saturated rings. The van der Waals surface area contributed by atoms with Crippen LogP contribution in [0.3, 0.4) is 0 Å². The average molecular weight is 809 g/mol. The molecule has 3 aromatic rings. The molecule has 58 heavy (non-hydrogen) atoms. The van der Waals surface area contributed by atoms with Crippen LogP contribution in [0.4, 0.5) is 13.2 Å². The smallest absolute Gasteiger partial charge is 0.416 e. The lowest BCUT2D eigenvalue weighted by Gasteiger charge is -2.41. The maximum Gasteiger partial charge on any atom is 0.416 e. The number of hydrogen-bond acceptors (Lipinski definition) is 6. The van der Waals surface area contributed by atoms with Crippen LogP contribution in [0.15, 0.2) is 85.1 Å². The SMILES string of the molecule is C=C(CC(C)c1ccccc1CC)NC(Cc1ccc(C)cc1)C(=O)N1CCN(C(CCN(CC)CC)c2ccccc2C(F)(F)F)CC1.CC.CC(C)(C)OC=O.